The molecule has 0 aliphatic carbocycles. The summed E-state index contributed by atoms with van der Waals surface area (Å²) in [5.74, 6) is 1.06. The third-order valence-electron chi connectivity index (χ3n) is 4.35. The van der Waals surface area contributed by atoms with Crippen LogP contribution in [0.3, 0.4) is 0 Å². The predicted octanol–water partition coefficient (Wildman–Crippen LogP) is 1.71. The molecule has 1 N–H and O–H groups in total. The van der Waals surface area contributed by atoms with Crippen LogP contribution >= 0.6 is 0 Å². The van der Waals surface area contributed by atoms with Gasteiger partial charge in [-0.2, -0.15) is 0 Å². The Kier molecular flexibility index (Phi) is 3.00. The minimum Gasteiger partial charge on any atom is -0.371 e. The maximum Gasteiger partial charge on any atom is 0.141 e. The van der Waals surface area contributed by atoms with E-state index in [1.807, 2.05) is 0 Å². The molecule has 3 heterocycles. The summed E-state index contributed by atoms with van der Waals surface area (Å²) in [6, 6.07) is 8.54. The topological polar surface area (TPSA) is 44.3 Å². The molecule has 108 valence electrons. The third kappa shape index (κ3) is 2.05. The van der Waals surface area contributed by atoms with Crippen molar-refractivity contribution in [2.24, 2.45) is 0 Å². The summed E-state index contributed by atoms with van der Waals surface area (Å²) in [6.45, 7) is 3.82. The van der Waals surface area contributed by atoms with E-state index in [1.165, 1.54) is 22.6 Å². The van der Waals surface area contributed by atoms with Crippen LogP contribution in [0.2, 0.25) is 0 Å². The fourth-order valence-electron chi connectivity index (χ4n) is 3.21. The molecule has 2 aliphatic heterocycles. The summed E-state index contributed by atoms with van der Waals surface area (Å²) < 4.78 is 0. The first-order valence-corrected chi connectivity index (χ1v) is 7.46. The van der Waals surface area contributed by atoms with Crippen molar-refractivity contribution < 1.29 is 0 Å². The van der Waals surface area contributed by atoms with Gasteiger partial charge in [0.2, 0.25) is 0 Å². The summed E-state index contributed by atoms with van der Waals surface area (Å²) in [5.41, 5.74) is 4.94. The highest BCUT2D eigenvalue weighted by molar-refractivity contribution is 5.79. The average molecular weight is 281 g/mol. The van der Waals surface area contributed by atoms with Gasteiger partial charge in [0.1, 0.15) is 12.1 Å². The molecule has 1 aromatic heterocycles. The number of para-hydroxylation sites is 2. The Labute approximate surface area is 124 Å². The Bertz CT molecular complexity index is 669. The van der Waals surface area contributed by atoms with Crippen LogP contribution in [0.15, 0.2) is 30.6 Å². The van der Waals surface area contributed by atoms with E-state index in [2.05, 4.69) is 56.4 Å². The summed E-state index contributed by atoms with van der Waals surface area (Å²) in [5, 5.41) is 3.44. The molecule has 0 spiro atoms. The van der Waals surface area contributed by atoms with E-state index in [-0.39, 0.29) is 0 Å². The van der Waals surface area contributed by atoms with Gasteiger partial charge in [-0.15, -0.1) is 0 Å². The van der Waals surface area contributed by atoms with Gasteiger partial charge in [-0.1, -0.05) is 12.1 Å². The van der Waals surface area contributed by atoms with Crippen molar-refractivity contribution in [3.63, 3.8) is 0 Å². The third-order valence-corrected chi connectivity index (χ3v) is 4.35. The van der Waals surface area contributed by atoms with Crippen molar-refractivity contribution in [2.75, 3.05) is 36.5 Å². The zero-order chi connectivity index (χ0) is 14.2. The Hall–Kier alpha value is -2.14. The lowest BCUT2D eigenvalue weighted by Crippen LogP contribution is -2.38. The van der Waals surface area contributed by atoms with Gasteiger partial charge in [0.25, 0.3) is 0 Å². The Balaban J connectivity index is 1.83. The van der Waals surface area contributed by atoms with E-state index in [0.29, 0.717) is 0 Å². The first-order chi connectivity index (χ1) is 10.3. The van der Waals surface area contributed by atoms with E-state index in [1.54, 1.807) is 6.33 Å². The lowest BCUT2D eigenvalue weighted by molar-refractivity contribution is 0.623. The number of aromatic nitrogens is 2. The van der Waals surface area contributed by atoms with Crippen LogP contribution in [0.1, 0.15) is 11.3 Å². The summed E-state index contributed by atoms with van der Waals surface area (Å²) in [7, 11) is 2.15. The predicted molar refractivity (Wildman–Crippen MR) is 84.2 cm³/mol. The Morgan fingerprint density at radius 1 is 1.10 bits per heavy atom. The second kappa shape index (κ2) is 5.00. The molecule has 0 saturated heterocycles. The molecule has 21 heavy (non-hydrogen) atoms. The largest absolute Gasteiger partial charge is 0.371 e. The quantitative estimate of drug-likeness (QED) is 0.862. The molecular formula is C16H19N5. The van der Waals surface area contributed by atoms with Gasteiger partial charge in [0.15, 0.2) is 0 Å². The van der Waals surface area contributed by atoms with Crippen LogP contribution in [0.5, 0.6) is 0 Å². The normalized spacial score (nSPS) is 17.4. The molecule has 0 unspecified atom stereocenters. The first-order valence-electron chi connectivity index (χ1n) is 7.46. The minimum atomic E-state index is 0.861. The average Bonchev–Trinajstić information content (AvgIpc) is 2.55. The maximum atomic E-state index is 4.60. The van der Waals surface area contributed by atoms with Gasteiger partial charge in [-0.25, -0.2) is 9.97 Å². The van der Waals surface area contributed by atoms with Crippen LogP contribution in [0, 0.1) is 0 Å². The zero-order valence-corrected chi connectivity index (χ0v) is 12.2. The second-order valence-corrected chi connectivity index (χ2v) is 5.61. The van der Waals surface area contributed by atoms with Crippen LogP contribution in [-0.2, 0) is 13.0 Å². The van der Waals surface area contributed by atoms with Crippen molar-refractivity contribution in [1.82, 2.24) is 15.3 Å². The molecule has 1 aromatic carbocycles. The Morgan fingerprint density at radius 2 is 1.95 bits per heavy atom. The smallest absolute Gasteiger partial charge is 0.141 e. The van der Waals surface area contributed by atoms with Gasteiger partial charge in [0.05, 0.1) is 17.1 Å². The number of rotatable bonds is 1. The number of likely N-dealkylation sites (N-methyl/N-ethyl adjacent to an activating group) is 1. The molecule has 0 radical (unpaired) electrons. The van der Waals surface area contributed by atoms with Crippen molar-refractivity contribution in [3.05, 3.63) is 41.9 Å². The van der Waals surface area contributed by atoms with Crippen molar-refractivity contribution in [1.29, 1.82) is 0 Å². The number of hydrogen-bond donors (Lipinski definition) is 1. The molecule has 0 amide bonds. The number of nitrogens with zero attached hydrogens (tertiary/aromatic N) is 4. The molecular weight excluding hydrogens is 262 g/mol. The lowest BCUT2D eigenvalue weighted by atomic mass is 10.1. The number of fused-ring (bicyclic) bond motifs is 2. The molecule has 5 heteroatoms. The van der Waals surface area contributed by atoms with Gasteiger partial charge < -0.3 is 15.1 Å². The number of benzene rings is 1. The van der Waals surface area contributed by atoms with Gasteiger partial charge >= 0.3 is 0 Å². The molecule has 0 bridgehead atoms. The zero-order valence-electron chi connectivity index (χ0n) is 12.2. The highest BCUT2D eigenvalue weighted by Gasteiger charge is 2.25. The van der Waals surface area contributed by atoms with Gasteiger partial charge in [-0.3, -0.25) is 0 Å². The van der Waals surface area contributed by atoms with Crippen LogP contribution in [-0.4, -0.2) is 36.6 Å². The molecule has 4 rings (SSSR count). The maximum absolute atomic E-state index is 4.60. The van der Waals surface area contributed by atoms with Crippen molar-refractivity contribution >= 4 is 17.2 Å². The SMILES string of the molecule is CN1CCN(c2ncnc3c2CNCC3)c2ccccc21. The molecule has 0 saturated carbocycles. The summed E-state index contributed by atoms with van der Waals surface area (Å²) >= 11 is 0. The summed E-state index contributed by atoms with van der Waals surface area (Å²) in [4.78, 5) is 13.7. The molecule has 0 fully saturated rings. The van der Waals surface area contributed by atoms with Crippen LogP contribution in [0.25, 0.3) is 0 Å². The van der Waals surface area contributed by atoms with Crippen LogP contribution < -0.4 is 15.1 Å². The molecule has 2 aromatic rings. The van der Waals surface area contributed by atoms with Crippen molar-refractivity contribution in [3.8, 4) is 0 Å². The van der Waals surface area contributed by atoms with E-state index in [9.17, 15) is 0 Å². The summed E-state index contributed by atoms with van der Waals surface area (Å²) in [6.07, 6.45) is 2.70. The van der Waals surface area contributed by atoms with Gasteiger partial charge in [0, 0.05) is 45.2 Å². The van der Waals surface area contributed by atoms with E-state index < -0.39 is 0 Å². The van der Waals surface area contributed by atoms with Crippen molar-refractivity contribution in [2.45, 2.75) is 13.0 Å². The fourth-order valence-corrected chi connectivity index (χ4v) is 3.21. The first kappa shape index (κ1) is 12.6. The fraction of sp³-hybridized carbons (Fsp3) is 0.375. The van der Waals surface area contributed by atoms with Gasteiger partial charge in [-0.05, 0) is 12.1 Å². The monoisotopic (exact) mass is 281 g/mol. The van der Waals surface area contributed by atoms with E-state index >= 15 is 0 Å². The van der Waals surface area contributed by atoms with E-state index in [4.69, 9.17) is 0 Å². The standard InChI is InChI=1S/C16H19N5/c1-20-8-9-21(15-5-3-2-4-14(15)20)16-12-10-17-7-6-13(12)18-11-19-16/h2-5,11,17H,6-10H2,1H3. The number of hydrogen-bond acceptors (Lipinski definition) is 5. The number of nitrogens with one attached hydrogen (secondary N) is 1. The molecule has 5 nitrogen and oxygen atoms in total. The molecule has 0 atom stereocenters. The second-order valence-electron chi connectivity index (χ2n) is 5.61. The minimum absolute atomic E-state index is 0.861. The lowest BCUT2D eigenvalue weighted by Gasteiger charge is -2.37. The number of anilines is 3. The Morgan fingerprint density at radius 3 is 2.86 bits per heavy atom. The highest BCUT2D eigenvalue weighted by Crippen LogP contribution is 2.37. The highest BCUT2D eigenvalue weighted by atomic mass is 15.3. The van der Waals surface area contributed by atoms with E-state index in [0.717, 1.165) is 38.4 Å². The van der Waals surface area contributed by atoms with Crippen LogP contribution in [0.4, 0.5) is 17.2 Å². The molecule has 2 aliphatic rings.